The van der Waals surface area contributed by atoms with Gasteiger partial charge in [-0.25, -0.2) is 4.79 Å². The molecule has 3 rings (SSSR count). The van der Waals surface area contributed by atoms with Crippen molar-refractivity contribution in [3.63, 3.8) is 0 Å². The topological polar surface area (TPSA) is 59.3 Å². The molecule has 0 atom stereocenters. The minimum Gasteiger partial charge on any atom is -0.480 e. The summed E-state index contributed by atoms with van der Waals surface area (Å²) in [4.78, 5) is 12.0. The zero-order chi connectivity index (χ0) is 21.5. The molecule has 0 aliphatic carbocycles. The summed E-state index contributed by atoms with van der Waals surface area (Å²) in [7, 11) is 0. The van der Waals surface area contributed by atoms with Crippen LogP contribution in [-0.4, -0.2) is 12.6 Å². The molecule has 0 saturated heterocycles. The van der Waals surface area contributed by atoms with Gasteiger partial charge in [0.2, 0.25) is 0 Å². The maximum atomic E-state index is 12.0. The van der Waals surface area contributed by atoms with E-state index in [4.69, 9.17) is 44.3 Å². The molecule has 4 nitrogen and oxygen atoms in total. The number of hydrogen-bond acceptors (Lipinski definition) is 4. The molecule has 0 N–H and O–H groups in total. The molecular weight excluding hydrogens is 445 g/mol. The van der Waals surface area contributed by atoms with Crippen molar-refractivity contribution in [1.29, 1.82) is 5.26 Å². The van der Waals surface area contributed by atoms with Crippen LogP contribution in [0.1, 0.15) is 11.1 Å². The molecule has 30 heavy (non-hydrogen) atoms. The highest BCUT2D eigenvalue weighted by molar-refractivity contribution is 6.35. The summed E-state index contributed by atoms with van der Waals surface area (Å²) < 4.78 is 10.6. The second-order valence-electron chi connectivity index (χ2n) is 6.08. The van der Waals surface area contributed by atoms with Gasteiger partial charge in [0.15, 0.2) is 6.61 Å². The minimum atomic E-state index is -0.580. The minimum absolute atomic E-state index is 0.306. The average Bonchev–Trinajstić information content (AvgIpc) is 2.73. The molecule has 0 aliphatic rings. The van der Waals surface area contributed by atoms with Crippen molar-refractivity contribution in [2.24, 2.45) is 0 Å². The molecule has 0 aliphatic heterocycles. The Balaban J connectivity index is 1.61. The van der Waals surface area contributed by atoms with Crippen molar-refractivity contribution in [2.45, 2.75) is 0 Å². The van der Waals surface area contributed by atoms with Gasteiger partial charge in [0.25, 0.3) is 0 Å². The summed E-state index contributed by atoms with van der Waals surface area (Å²) in [5.74, 6) is 0.112. The molecule has 3 aromatic carbocycles. The number of rotatable bonds is 6. The van der Waals surface area contributed by atoms with E-state index in [9.17, 15) is 10.1 Å². The Morgan fingerprint density at radius 1 is 0.933 bits per heavy atom. The number of allylic oxidation sites excluding steroid dienone is 1. The number of ether oxygens (including phenoxy) is 2. The van der Waals surface area contributed by atoms with E-state index >= 15 is 0 Å². The van der Waals surface area contributed by atoms with Crippen LogP contribution in [0.5, 0.6) is 11.5 Å². The predicted octanol–water partition coefficient (Wildman–Crippen LogP) is 6.70. The van der Waals surface area contributed by atoms with E-state index in [1.165, 1.54) is 6.07 Å². The van der Waals surface area contributed by atoms with E-state index in [0.29, 0.717) is 32.1 Å². The molecule has 3 aromatic rings. The number of esters is 1. The van der Waals surface area contributed by atoms with Crippen molar-refractivity contribution in [1.82, 2.24) is 0 Å². The number of carbonyl (C=O) groups is 1. The average molecular weight is 459 g/mol. The van der Waals surface area contributed by atoms with Gasteiger partial charge in [-0.05, 0) is 59.7 Å². The van der Waals surface area contributed by atoms with E-state index in [-0.39, 0.29) is 6.61 Å². The van der Waals surface area contributed by atoms with Gasteiger partial charge in [0.1, 0.15) is 11.5 Å². The molecule has 0 heterocycles. The molecule has 0 spiro atoms. The van der Waals surface area contributed by atoms with Gasteiger partial charge in [0.05, 0.1) is 16.7 Å². The fraction of sp³-hybridized carbons (Fsp3) is 0.0435. The van der Waals surface area contributed by atoms with E-state index in [0.717, 1.165) is 11.1 Å². The van der Waals surface area contributed by atoms with E-state index in [1.807, 2.05) is 0 Å². The highest BCUT2D eigenvalue weighted by Crippen LogP contribution is 2.27. The summed E-state index contributed by atoms with van der Waals surface area (Å²) in [6.07, 6.45) is 1.74. The van der Waals surface area contributed by atoms with E-state index in [1.54, 1.807) is 66.7 Å². The van der Waals surface area contributed by atoms with Crippen molar-refractivity contribution in [3.8, 4) is 17.6 Å². The van der Waals surface area contributed by atoms with Gasteiger partial charge >= 0.3 is 5.97 Å². The maximum Gasteiger partial charge on any atom is 0.349 e. The summed E-state index contributed by atoms with van der Waals surface area (Å²) in [6.45, 7) is -0.307. The Labute approximate surface area is 188 Å². The highest BCUT2D eigenvalue weighted by Gasteiger charge is 2.09. The van der Waals surface area contributed by atoms with Crippen molar-refractivity contribution in [2.75, 3.05) is 6.61 Å². The molecule has 7 heteroatoms. The molecule has 0 bridgehead atoms. The second-order valence-corrected chi connectivity index (χ2v) is 7.36. The first-order chi connectivity index (χ1) is 14.4. The van der Waals surface area contributed by atoms with Crippen molar-refractivity contribution < 1.29 is 14.3 Å². The molecule has 150 valence electrons. The van der Waals surface area contributed by atoms with Crippen LogP contribution >= 0.6 is 34.8 Å². The maximum absolute atomic E-state index is 12.0. The first-order valence-corrected chi connectivity index (χ1v) is 9.84. The van der Waals surface area contributed by atoms with Gasteiger partial charge < -0.3 is 9.47 Å². The standard InChI is InChI=1S/C23H14Cl3NO3/c24-18-5-3-16(4-6-18)17(13-27)11-15-1-8-20(9-2-15)30-23(28)14-29-22-10-7-19(25)12-21(22)26/h1-12H,14H2/b17-11-. The Bertz CT molecular complexity index is 1120. The monoisotopic (exact) mass is 457 g/mol. The third-order valence-corrected chi connectivity index (χ3v) is 4.72. The van der Waals surface area contributed by atoms with Crippen LogP contribution in [0.25, 0.3) is 11.6 Å². The van der Waals surface area contributed by atoms with Crippen LogP contribution in [0.4, 0.5) is 0 Å². The zero-order valence-electron chi connectivity index (χ0n) is 15.4. The van der Waals surface area contributed by atoms with Crippen LogP contribution in [0.3, 0.4) is 0 Å². The normalized spacial score (nSPS) is 10.9. The lowest BCUT2D eigenvalue weighted by atomic mass is 10.0. The van der Waals surface area contributed by atoms with Gasteiger partial charge in [-0.1, -0.05) is 59.1 Å². The lowest BCUT2D eigenvalue weighted by Crippen LogP contribution is -2.17. The summed E-state index contributed by atoms with van der Waals surface area (Å²) in [5, 5.41) is 10.8. The molecule has 0 saturated carbocycles. The Hall–Kier alpha value is -2.97. The quantitative estimate of drug-likeness (QED) is 0.179. The largest absolute Gasteiger partial charge is 0.480 e. The van der Waals surface area contributed by atoms with Gasteiger partial charge in [0, 0.05) is 10.0 Å². The zero-order valence-corrected chi connectivity index (χ0v) is 17.7. The number of nitriles is 1. The SMILES string of the molecule is N#C/C(=C/c1ccc(OC(=O)COc2ccc(Cl)cc2Cl)cc1)c1ccc(Cl)cc1. The number of hydrogen-bond donors (Lipinski definition) is 0. The Morgan fingerprint density at radius 3 is 2.23 bits per heavy atom. The predicted molar refractivity (Wildman–Crippen MR) is 119 cm³/mol. The number of nitrogens with zero attached hydrogens (tertiary/aromatic N) is 1. The fourth-order valence-corrected chi connectivity index (χ4v) is 3.09. The fourth-order valence-electron chi connectivity index (χ4n) is 2.50. The van der Waals surface area contributed by atoms with Crippen LogP contribution in [-0.2, 0) is 4.79 Å². The molecule has 0 radical (unpaired) electrons. The number of benzene rings is 3. The van der Waals surface area contributed by atoms with Crippen molar-refractivity contribution >= 4 is 52.4 Å². The first kappa shape index (κ1) is 21.7. The third-order valence-electron chi connectivity index (χ3n) is 3.94. The molecular formula is C23H14Cl3NO3. The van der Waals surface area contributed by atoms with Crippen LogP contribution in [0, 0.1) is 11.3 Å². The van der Waals surface area contributed by atoms with Crippen LogP contribution < -0.4 is 9.47 Å². The van der Waals surface area contributed by atoms with Gasteiger partial charge in [-0.3, -0.25) is 0 Å². The third kappa shape index (κ3) is 6.01. The molecule has 0 unspecified atom stereocenters. The van der Waals surface area contributed by atoms with Crippen LogP contribution in [0.15, 0.2) is 66.7 Å². The molecule has 0 amide bonds. The number of carbonyl (C=O) groups excluding carboxylic acids is 1. The smallest absolute Gasteiger partial charge is 0.349 e. The Kier molecular flexibility index (Phi) is 7.37. The van der Waals surface area contributed by atoms with Crippen molar-refractivity contribution in [3.05, 3.63) is 92.9 Å². The first-order valence-electron chi connectivity index (χ1n) is 8.71. The van der Waals surface area contributed by atoms with E-state index < -0.39 is 5.97 Å². The summed E-state index contributed by atoms with van der Waals surface area (Å²) >= 11 is 17.7. The van der Waals surface area contributed by atoms with Gasteiger partial charge in [-0.15, -0.1) is 0 Å². The lowest BCUT2D eigenvalue weighted by molar-refractivity contribution is -0.136. The molecule has 0 fully saturated rings. The Morgan fingerprint density at radius 2 is 1.60 bits per heavy atom. The number of halogens is 3. The molecule has 0 aromatic heterocycles. The van der Waals surface area contributed by atoms with Gasteiger partial charge in [-0.2, -0.15) is 5.26 Å². The summed E-state index contributed by atoms with van der Waals surface area (Å²) in [6, 6.07) is 20.6. The lowest BCUT2D eigenvalue weighted by Gasteiger charge is -2.08. The van der Waals surface area contributed by atoms with E-state index in [2.05, 4.69) is 6.07 Å². The second kappa shape index (κ2) is 10.2. The highest BCUT2D eigenvalue weighted by atomic mass is 35.5. The van der Waals surface area contributed by atoms with Crippen LogP contribution in [0.2, 0.25) is 15.1 Å². The summed E-state index contributed by atoms with van der Waals surface area (Å²) in [5.41, 5.74) is 2.03.